The van der Waals surface area contributed by atoms with Crippen molar-refractivity contribution in [2.75, 3.05) is 7.11 Å². The van der Waals surface area contributed by atoms with Crippen molar-refractivity contribution >= 4 is 17.7 Å². The quantitative estimate of drug-likeness (QED) is 0.603. The van der Waals surface area contributed by atoms with Gasteiger partial charge in [-0.1, -0.05) is 19.9 Å². The molecule has 0 aromatic heterocycles. The number of methoxy groups -OCH3 is 1. The second kappa shape index (κ2) is 7.24. The third-order valence-corrected chi connectivity index (χ3v) is 10.4. The Hall–Kier alpha value is -2.09. The number of carbonyl (C=O) groups excluding carboxylic acids is 3. The van der Waals surface area contributed by atoms with E-state index < -0.39 is 75.3 Å². The number of rotatable bonds is 3. The summed E-state index contributed by atoms with van der Waals surface area (Å²) in [5, 5.41) is 11.5. The van der Waals surface area contributed by atoms with Crippen LogP contribution in [0.25, 0.3) is 0 Å². The molecule has 35 heavy (non-hydrogen) atoms. The lowest BCUT2D eigenvalue weighted by Crippen LogP contribution is -2.71. The molecule has 4 fully saturated rings. The molecule has 0 unspecified atom stereocenters. The zero-order valence-electron chi connectivity index (χ0n) is 20.9. The Morgan fingerprint density at radius 1 is 1.11 bits per heavy atom. The summed E-state index contributed by atoms with van der Waals surface area (Å²) in [6, 6.07) is 0. The second-order valence-corrected chi connectivity index (χ2v) is 12.2. The van der Waals surface area contributed by atoms with Crippen molar-refractivity contribution in [3.05, 3.63) is 23.8 Å². The molecule has 6 nitrogen and oxygen atoms in total. The average Bonchev–Trinajstić information content (AvgIpc) is 3.51. The highest BCUT2D eigenvalue weighted by atomic mass is 19.1. The lowest BCUT2D eigenvalue weighted by Gasteiger charge is -2.63. The van der Waals surface area contributed by atoms with Crippen molar-refractivity contribution in [1.29, 1.82) is 0 Å². The molecule has 192 valence electrons. The van der Waals surface area contributed by atoms with Gasteiger partial charge in [-0.2, -0.15) is 0 Å². The predicted octanol–water partition coefficient (Wildman–Crippen LogP) is 3.81. The highest BCUT2D eigenvalue weighted by molar-refractivity contribution is 6.01. The zero-order valence-corrected chi connectivity index (χ0v) is 20.9. The van der Waals surface area contributed by atoms with Gasteiger partial charge in [-0.3, -0.25) is 9.59 Å². The molecule has 1 N–H and O–H groups in total. The maximum Gasteiger partial charge on any atom is 0.351 e. The molecule has 0 bridgehead atoms. The first-order valence-corrected chi connectivity index (χ1v) is 12.5. The van der Waals surface area contributed by atoms with Crippen LogP contribution in [0.3, 0.4) is 0 Å². The number of allylic oxidation sites excluding steroid dienone is 4. The number of ketones is 1. The fourth-order valence-electron chi connectivity index (χ4n) is 8.03. The van der Waals surface area contributed by atoms with Crippen molar-refractivity contribution in [2.24, 2.45) is 34.0 Å². The number of ether oxygens (including phenoxy) is 2. The molecule has 0 radical (unpaired) electrons. The largest absolute Gasteiger partial charge is 0.466 e. The van der Waals surface area contributed by atoms with E-state index in [1.54, 1.807) is 20.8 Å². The van der Waals surface area contributed by atoms with Crippen molar-refractivity contribution in [2.45, 2.75) is 83.3 Å². The third-order valence-electron chi connectivity index (χ3n) is 10.4. The maximum absolute atomic E-state index is 17.3. The highest BCUT2D eigenvalue weighted by Crippen LogP contribution is 2.72. The first kappa shape index (κ1) is 24.6. The maximum atomic E-state index is 17.3. The topological polar surface area (TPSA) is 89.9 Å². The van der Waals surface area contributed by atoms with Crippen molar-refractivity contribution in [1.82, 2.24) is 0 Å². The summed E-state index contributed by atoms with van der Waals surface area (Å²) in [6.45, 7) is 6.83. The lowest BCUT2D eigenvalue weighted by molar-refractivity contribution is -0.239. The molecule has 0 aromatic rings. The minimum atomic E-state index is -2.26. The van der Waals surface area contributed by atoms with Gasteiger partial charge in [-0.15, -0.1) is 0 Å². The third kappa shape index (κ3) is 2.80. The standard InChI is InChI=1S/C27H34F2O6/c1-14-10-16-17-12-19(28)18-11-15(30)6-7-24(18,3)26(17,29)20(31)13-25(16,4)27(14,22(33)34-5)35-21(32)23(2)8-9-23/h6-7,11,14,16-17,19-20,31H,8-10,12-13H2,1-5H3/t14-,16+,17+,19+,20+,24+,25+,26+,27+/m1/s1. The Labute approximate surface area is 204 Å². The van der Waals surface area contributed by atoms with E-state index >= 15 is 8.78 Å². The van der Waals surface area contributed by atoms with Crippen molar-refractivity contribution in [3.63, 3.8) is 0 Å². The SMILES string of the molecule is COC(=O)[C@@]1(OC(=O)C2(C)CC2)[C@H](C)C[C@H]2[C@@H]3C[C@H](F)C4=CC(=O)C=C[C@]4(C)[C@@]3(F)[C@@H](O)C[C@@]21C. The van der Waals surface area contributed by atoms with Crippen LogP contribution in [0, 0.1) is 34.0 Å². The molecule has 5 rings (SSSR count). The molecule has 0 spiro atoms. The monoisotopic (exact) mass is 492 g/mol. The van der Waals surface area contributed by atoms with Gasteiger partial charge in [0.25, 0.3) is 0 Å². The van der Waals surface area contributed by atoms with E-state index in [1.165, 1.54) is 26.2 Å². The first-order chi connectivity index (χ1) is 16.2. The number of hydrogen-bond donors (Lipinski definition) is 1. The fourth-order valence-corrected chi connectivity index (χ4v) is 8.03. The first-order valence-electron chi connectivity index (χ1n) is 12.5. The van der Waals surface area contributed by atoms with Crippen LogP contribution in [0.1, 0.15) is 59.8 Å². The second-order valence-electron chi connectivity index (χ2n) is 12.2. The lowest BCUT2D eigenvalue weighted by atomic mass is 9.44. The number of aliphatic hydroxyl groups is 1. The number of fused-ring (bicyclic) bond motifs is 5. The van der Waals surface area contributed by atoms with Crippen LogP contribution in [0.15, 0.2) is 23.8 Å². The number of aliphatic hydroxyl groups excluding tert-OH is 1. The molecule has 0 aromatic carbocycles. The summed E-state index contributed by atoms with van der Waals surface area (Å²) in [7, 11) is 1.22. The van der Waals surface area contributed by atoms with Gasteiger partial charge in [0.05, 0.1) is 18.6 Å². The summed E-state index contributed by atoms with van der Waals surface area (Å²) < 4.78 is 44.2. The minimum absolute atomic E-state index is 0.0461. The van der Waals surface area contributed by atoms with Crippen LogP contribution in [0.5, 0.6) is 0 Å². The molecule has 9 atom stereocenters. The summed E-state index contributed by atoms with van der Waals surface area (Å²) in [5.74, 6) is -3.69. The Bertz CT molecular complexity index is 1060. The number of halogens is 2. The van der Waals surface area contributed by atoms with E-state index in [0.717, 1.165) is 6.08 Å². The molecular formula is C27H34F2O6. The number of carbonyl (C=O) groups is 3. The highest BCUT2D eigenvalue weighted by Gasteiger charge is 2.79. The minimum Gasteiger partial charge on any atom is -0.466 e. The van der Waals surface area contributed by atoms with Gasteiger partial charge >= 0.3 is 11.9 Å². The Balaban J connectivity index is 1.63. The van der Waals surface area contributed by atoms with E-state index in [4.69, 9.17) is 9.47 Å². The van der Waals surface area contributed by atoms with E-state index in [0.29, 0.717) is 19.3 Å². The van der Waals surface area contributed by atoms with Crippen molar-refractivity contribution < 1.29 is 37.7 Å². The summed E-state index contributed by atoms with van der Waals surface area (Å²) in [4.78, 5) is 38.6. The van der Waals surface area contributed by atoms with Gasteiger partial charge in [-0.05, 0) is 69.6 Å². The van der Waals surface area contributed by atoms with E-state index in [1.807, 2.05) is 0 Å². The van der Waals surface area contributed by atoms with Crippen LogP contribution < -0.4 is 0 Å². The fraction of sp³-hybridized carbons (Fsp3) is 0.741. The van der Waals surface area contributed by atoms with Gasteiger partial charge in [0.15, 0.2) is 11.5 Å². The Kier molecular flexibility index (Phi) is 5.09. The number of alkyl halides is 2. The molecule has 0 heterocycles. The van der Waals surface area contributed by atoms with Crippen LogP contribution >= 0.6 is 0 Å². The molecule has 0 aliphatic heterocycles. The van der Waals surface area contributed by atoms with Crippen LogP contribution in [-0.2, 0) is 23.9 Å². The van der Waals surface area contributed by atoms with Crippen LogP contribution in [-0.4, -0.2) is 53.5 Å². The zero-order chi connectivity index (χ0) is 25.8. The van der Waals surface area contributed by atoms with Gasteiger partial charge < -0.3 is 14.6 Å². The van der Waals surface area contributed by atoms with E-state index in [-0.39, 0.29) is 18.4 Å². The van der Waals surface area contributed by atoms with Crippen molar-refractivity contribution in [3.8, 4) is 0 Å². The van der Waals surface area contributed by atoms with Gasteiger partial charge in [-0.25, -0.2) is 13.6 Å². The van der Waals surface area contributed by atoms with Crippen LogP contribution in [0.2, 0.25) is 0 Å². The molecule has 4 saturated carbocycles. The molecule has 5 aliphatic carbocycles. The smallest absolute Gasteiger partial charge is 0.351 e. The summed E-state index contributed by atoms with van der Waals surface area (Å²) >= 11 is 0. The van der Waals surface area contributed by atoms with Gasteiger partial charge in [0, 0.05) is 22.7 Å². The van der Waals surface area contributed by atoms with Crippen LogP contribution in [0.4, 0.5) is 8.78 Å². The summed E-state index contributed by atoms with van der Waals surface area (Å²) in [6.07, 6.45) is 1.81. The van der Waals surface area contributed by atoms with E-state index in [2.05, 4.69) is 0 Å². The van der Waals surface area contributed by atoms with E-state index in [9.17, 15) is 19.5 Å². The number of esters is 2. The molecule has 5 aliphatic rings. The summed E-state index contributed by atoms with van der Waals surface area (Å²) in [5.41, 5.74) is -7.30. The Morgan fingerprint density at radius 3 is 2.37 bits per heavy atom. The average molecular weight is 493 g/mol. The van der Waals surface area contributed by atoms with Gasteiger partial charge in [0.2, 0.25) is 5.60 Å². The van der Waals surface area contributed by atoms with Gasteiger partial charge in [0.1, 0.15) is 6.17 Å². The number of hydrogen-bond acceptors (Lipinski definition) is 6. The normalized spacial score (nSPS) is 49.3. The molecular weight excluding hydrogens is 458 g/mol. The molecule has 8 heteroatoms. The molecule has 0 amide bonds. The predicted molar refractivity (Wildman–Crippen MR) is 121 cm³/mol. The molecule has 0 saturated heterocycles. The Morgan fingerprint density at radius 2 is 1.77 bits per heavy atom.